The van der Waals surface area contributed by atoms with Crippen molar-refractivity contribution in [3.63, 3.8) is 0 Å². The van der Waals surface area contributed by atoms with Gasteiger partial charge in [-0.25, -0.2) is 9.37 Å². The lowest BCUT2D eigenvalue weighted by Crippen LogP contribution is -2.56. The van der Waals surface area contributed by atoms with Crippen molar-refractivity contribution in [2.45, 2.75) is 63.8 Å². The van der Waals surface area contributed by atoms with E-state index in [1.54, 1.807) is 11.1 Å². The van der Waals surface area contributed by atoms with Gasteiger partial charge in [-0.1, -0.05) is 26.0 Å². The molecule has 1 unspecified atom stereocenters. The van der Waals surface area contributed by atoms with Gasteiger partial charge in [-0.3, -0.25) is 9.69 Å². The summed E-state index contributed by atoms with van der Waals surface area (Å²) in [5, 5.41) is 6.20. The molecule has 0 radical (unpaired) electrons. The Hall–Kier alpha value is -3.11. The second kappa shape index (κ2) is 13.3. The second-order valence-electron chi connectivity index (χ2n) is 10.2. The van der Waals surface area contributed by atoms with Gasteiger partial charge >= 0.3 is 0 Å². The molecule has 0 spiro atoms. The summed E-state index contributed by atoms with van der Waals surface area (Å²) in [6.07, 6.45) is 11.8. The van der Waals surface area contributed by atoms with E-state index in [0.717, 1.165) is 35.8 Å². The van der Waals surface area contributed by atoms with E-state index in [-0.39, 0.29) is 30.8 Å². The molecule has 3 aliphatic rings. The molecule has 212 valence electrons. The predicted octanol–water partition coefficient (Wildman–Crippen LogP) is 4.18. The van der Waals surface area contributed by atoms with Gasteiger partial charge < -0.3 is 26.6 Å². The van der Waals surface area contributed by atoms with Gasteiger partial charge in [-0.15, -0.1) is 11.3 Å². The van der Waals surface area contributed by atoms with E-state index in [4.69, 9.17) is 11.5 Å². The fourth-order valence-electron chi connectivity index (χ4n) is 5.55. The number of rotatable bonds is 7. The molecule has 5 rings (SSSR count). The number of likely N-dealkylation sites (tertiary alicyclic amines) is 2. The second-order valence-corrected chi connectivity index (χ2v) is 11.2. The van der Waals surface area contributed by atoms with Gasteiger partial charge in [0, 0.05) is 64.3 Å². The van der Waals surface area contributed by atoms with Crippen molar-refractivity contribution in [2.24, 2.45) is 0 Å². The topological polar surface area (TPSA) is 104 Å². The molecule has 0 bridgehead atoms. The number of nitrogens with zero attached hydrogens (tertiary/aromatic N) is 4. The van der Waals surface area contributed by atoms with Crippen LogP contribution in [0.1, 0.15) is 45.1 Å². The Kier molecular flexibility index (Phi) is 9.85. The fourth-order valence-corrected chi connectivity index (χ4v) is 6.20. The number of thiophene rings is 1. The van der Waals surface area contributed by atoms with Crippen LogP contribution in [-0.2, 0) is 11.3 Å². The average molecular weight is 556 g/mol. The number of halogens is 1. The number of hydrogen-bond acceptors (Lipinski definition) is 8. The van der Waals surface area contributed by atoms with Gasteiger partial charge in [0.2, 0.25) is 0 Å². The molecule has 0 aromatic carbocycles. The Morgan fingerprint density at radius 1 is 1.21 bits per heavy atom. The number of nitrogens with one attached hydrogen (secondary N) is 1. The van der Waals surface area contributed by atoms with Crippen LogP contribution in [0.2, 0.25) is 0 Å². The number of pyridine rings is 1. The first-order valence-corrected chi connectivity index (χ1v) is 14.9. The maximum Gasteiger partial charge on any atom is 0.260 e. The standard InChI is InChI=1S/C27H36FN7OS.C2H6/c28-27(8-14-33(15-9-27)17-20-16-24(30)37-19-20)26(36)34-12-6-22(7-13-34)35(18-21-4-1-2-10-31-21)25-23(29)5-3-11-32-25;1-2/h1-5,10-11,16,19,21-22,31H,6-9,12-15,17-18,29-30H2;1-2H3. The van der Waals surface area contributed by atoms with Crippen molar-refractivity contribution < 1.29 is 9.18 Å². The molecule has 5 N–H and O–H groups in total. The zero-order valence-electron chi connectivity index (χ0n) is 23.1. The fraction of sp³-hybridized carbons (Fsp3) is 0.517. The molecule has 2 aromatic rings. The molecule has 1 atom stereocenters. The molecule has 2 fully saturated rings. The minimum Gasteiger partial charge on any atom is -0.396 e. The van der Waals surface area contributed by atoms with Gasteiger partial charge in [-0.05, 0) is 54.3 Å². The van der Waals surface area contributed by atoms with E-state index in [2.05, 4.69) is 26.2 Å². The first-order valence-electron chi connectivity index (χ1n) is 14.0. The minimum absolute atomic E-state index is 0.135. The number of amides is 1. The lowest BCUT2D eigenvalue weighted by Gasteiger charge is -2.43. The van der Waals surface area contributed by atoms with Crippen LogP contribution in [-0.4, -0.2) is 71.2 Å². The van der Waals surface area contributed by atoms with Crippen LogP contribution in [0, 0.1) is 0 Å². The Labute approximate surface area is 235 Å². The summed E-state index contributed by atoms with van der Waals surface area (Å²) in [5.41, 5.74) is 12.1. The number of carbonyl (C=O) groups is 1. The van der Waals surface area contributed by atoms with Crippen LogP contribution < -0.4 is 21.7 Å². The predicted molar refractivity (Wildman–Crippen MR) is 159 cm³/mol. The summed E-state index contributed by atoms with van der Waals surface area (Å²) in [6.45, 7) is 7.65. The summed E-state index contributed by atoms with van der Waals surface area (Å²) in [5.74, 6) is 0.412. The molecule has 10 heteroatoms. The van der Waals surface area contributed by atoms with Crippen molar-refractivity contribution in [2.75, 3.05) is 49.1 Å². The van der Waals surface area contributed by atoms with Crippen LogP contribution in [0.25, 0.3) is 0 Å². The van der Waals surface area contributed by atoms with E-state index in [9.17, 15) is 4.79 Å². The molecule has 39 heavy (non-hydrogen) atoms. The molecule has 1 amide bonds. The Morgan fingerprint density at radius 3 is 2.56 bits per heavy atom. The summed E-state index contributed by atoms with van der Waals surface area (Å²) >= 11 is 1.52. The smallest absolute Gasteiger partial charge is 0.260 e. The molecule has 8 nitrogen and oxygen atoms in total. The minimum atomic E-state index is -1.79. The molecule has 2 aromatic heterocycles. The number of nitrogen functional groups attached to an aromatic ring is 2. The van der Waals surface area contributed by atoms with E-state index in [0.29, 0.717) is 38.4 Å². The molecule has 0 aliphatic carbocycles. The third-order valence-electron chi connectivity index (χ3n) is 7.65. The number of piperidine rings is 2. The number of hydrogen-bond donors (Lipinski definition) is 3. The summed E-state index contributed by atoms with van der Waals surface area (Å²) < 4.78 is 15.9. The summed E-state index contributed by atoms with van der Waals surface area (Å²) in [7, 11) is 0. The molecule has 2 saturated heterocycles. The highest BCUT2D eigenvalue weighted by atomic mass is 32.1. The van der Waals surface area contributed by atoms with Crippen LogP contribution in [0.4, 0.5) is 20.9 Å². The van der Waals surface area contributed by atoms with Crippen molar-refractivity contribution in [1.82, 2.24) is 20.1 Å². The van der Waals surface area contributed by atoms with Crippen LogP contribution in [0.15, 0.2) is 54.2 Å². The Bertz CT molecular complexity index is 1140. The van der Waals surface area contributed by atoms with Gasteiger partial charge in [-0.2, -0.15) is 0 Å². The van der Waals surface area contributed by atoms with Gasteiger partial charge in [0.1, 0.15) is 0 Å². The first kappa shape index (κ1) is 28.9. The van der Waals surface area contributed by atoms with E-state index in [1.807, 2.05) is 55.8 Å². The number of alkyl halides is 1. The normalized spacial score (nSPS) is 21.1. The summed E-state index contributed by atoms with van der Waals surface area (Å²) in [6, 6.07) is 5.97. The average Bonchev–Trinajstić information content (AvgIpc) is 3.39. The maximum atomic E-state index is 15.9. The van der Waals surface area contributed by atoms with Crippen molar-refractivity contribution in [3.05, 3.63) is 59.8 Å². The number of carbonyl (C=O) groups excluding carboxylic acids is 1. The number of allylic oxidation sites excluding steroid dienone is 2. The molecule has 5 heterocycles. The van der Waals surface area contributed by atoms with Crippen LogP contribution in [0.3, 0.4) is 0 Å². The molecule has 0 saturated carbocycles. The first-order chi connectivity index (χ1) is 18.9. The highest BCUT2D eigenvalue weighted by molar-refractivity contribution is 7.14. The highest BCUT2D eigenvalue weighted by Crippen LogP contribution is 2.33. The molecular formula is C29H42FN7OS. The van der Waals surface area contributed by atoms with Crippen molar-refractivity contribution in [1.29, 1.82) is 0 Å². The van der Waals surface area contributed by atoms with Gasteiger partial charge in [0.15, 0.2) is 11.5 Å². The third kappa shape index (κ3) is 7.10. The SMILES string of the molecule is CC.Nc1cc(CN2CCC(F)(C(=O)N3CCC(N(CC4C=CC=CN4)c4ncccc4N)CC3)CC2)cs1. The van der Waals surface area contributed by atoms with Gasteiger partial charge in [0.05, 0.1) is 16.7 Å². The van der Waals surface area contributed by atoms with Crippen LogP contribution >= 0.6 is 11.3 Å². The highest BCUT2D eigenvalue weighted by Gasteiger charge is 2.45. The van der Waals surface area contributed by atoms with Gasteiger partial charge in [0.25, 0.3) is 5.91 Å². The number of nitrogens with two attached hydrogens (primary N) is 2. The largest absolute Gasteiger partial charge is 0.396 e. The Balaban J connectivity index is 0.00000172. The Morgan fingerprint density at radius 2 is 1.95 bits per heavy atom. The molecule has 3 aliphatic heterocycles. The monoisotopic (exact) mass is 555 g/mol. The zero-order chi connectivity index (χ0) is 27.8. The summed E-state index contributed by atoms with van der Waals surface area (Å²) in [4.78, 5) is 24.1. The zero-order valence-corrected chi connectivity index (χ0v) is 23.9. The van der Waals surface area contributed by atoms with Crippen LogP contribution in [0.5, 0.6) is 0 Å². The quantitative estimate of drug-likeness (QED) is 0.471. The van der Waals surface area contributed by atoms with E-state index >= 15 is 4.39 Å². The lowest BCUT2D eigenvalue weighted by molar-refractivity contribution is -0.148. The molecular weight excluding hydrogens is 513 g/mol. The lowest BCUT2D eigenvalue weighted by atomic mass is 9.90. The third-order valence-corrected chi connectivity index (χ3v) is 8.46. The van der Waals surface area contributed by atoms with Crippen molar-refractivity contribution in [3.8, 4) is 0 Å². The number of dihydropyridines is 1. The van der Waals surface area contributed by atoms with E-state index < -0.39 is 5.67 Å². The van der Waals surface area contributed by atoms with E-state index in [1.165, 1.54) is 11.3 Å². The number of anilines is 3. The number of aromatic nitrogens is 1. The maximum absolute atomic E-state index is 15.9. The van der Waals surface area contributed by atoms with Crippen molar-refractivity contribution >= 4 is 33.8 Å².